The van der Waals surface area contributed by atoms with Crippen molar-refractivity contribution in [1.29, 1.82) is 0 Å². The fourth-order valence-electron chi connectivity index (χ4n) is 1.75. The van der Waals surface area contributed by atoms with E-state index >= 15 is 0 Å². The lowest BCUT2D eigenvalue weighted by molar-refractivity contribution is 0.590. The SMILES string of the molecule is CC.Cc1c(N)nc(-c2ccc(C(C)(C)C)cc2)nc1Cl. The Balaban J connectivity index is 0.00000106. The zero-order valence-corrected chi connectivity index (χ0v) is 14.4. The van der Waals surface area contributed by atoms with E-state index in [-0.39, 0.29) is 5.41 Å². The van der Waals surface area contributed by atoms with Gasteiger partial charge in [0.05, 0.1) is 0 Å². The Morgan fingerprint density at radius 1 is 1.00 bits per heavy atom. The van der Waals surface area contributed by atoms with Crippen molar-refractivity contribution in [3.63, 3.8) is 0 Å². The van der Waals surface area contributed by atoms with Crippen LogP contribution in [0.2, 0.25) is 5.15 Å². The molecule has 0 bridgehead atoms. The fourth-order valence-corrected chi connectivity index (χ4v) is 1.93. The van der Waals surface area contributed by atoms with E-state index in [4.69, 9.17) is 17.3 Å². The molecule has 0 spiro atoms. The maximum Gasteiger partial charge on any atom is 0.163 e. The van der Waals surface area contributed by atoms with Crippen molar-refractivity contribution >= 4 is 17.4 Å². The Morgan fingerprint density at radius 3 is 1.95 bits per heavy atom. The molecule has 0 aliphatic heterocycles. The second-order valence-corrected chi connectivity index (χ2v) is 6.03. The first-order valence-corrected chi connectivity index (χ1v) is 7.57. The molecule has 21 heavy (non-hydrogen) atoms. The minimum Gasteiger partial charge on any atom is -0.383 e. The van der Waals surface area contributed by atoms with Crippen molar-refractivity contribution in [2.45, 2.75) is 47.0 Å². The third kappa shape index (κ3) is 4.18. The molecular formula is C17H24ClN3. The van der Waals surface area contributed by atoms with Gasteiger partial charge in [-0.15, -0.1) is 0 Å². The highest BCUT2D eigenvalue weighted by molar-refractivity contribution is 6.30. The molecule has 1 heterocycles. The molecule has 0 saturated carbocycles. The molecule has 1 aromatic carbocycles. The van der Waals surface area contributed by atoms with Gasteiger partial charge in [0.2, 0.25) is 0 Å². The van der Waals surface area contributed by atoms with E-state index in [1.165, 1.54) is 5.56 Å². The normalized spacial score (nSPS) is 10.8. The number of halogens is 1. The van der Waals surface area contributed by atoms with Crippen LogP contribution >= 0.6 is 11.6 Å². The molecule has 0 unspecified atom stereocenters. The zero-order valence-electron chi connectivity index (χ0n) is 13.7. The van der Waals surface area contributed by atoms with Gasteiger partial charge < -0.3 is 5.73 Å². The van der Waals surface area contributed by atoms with Crippen molar-refractivity contribution in [2.24, 2.45) is 0 Å². The molecule has 0 atom stereocenters. The third-order valence-electron chi connectivity index (χ3n) is 3.13. The van der Waals surface area contributed by atoms with Gasteiger partial charge in [-0.25, -0.2) is 9.97 Å². The van der Waals surface area contributed by atoms with Crippen LogP contribution in [0, 0.1) is 6.92 Å². The average Bonchev–Trinajstić information content (AvgIpc) is 2.45. The van der Waals surface area contributed by atoms with Gasteiger partial charge >= 0.3 is 0 Å². The lowest BCUT2D eigenvalue weighted by Crippen LogP contribution is -2.10. The topological polar surface area (TPSA) is 51.8 Å². The van der Waals surface area contributed by atoms with Gasteiger partial charge in [0, 0.05) is 11.1 Å². The summed E-state index contributed by atoms with van der Waals surface area (Å²) in [6.45, 7) is 12.3. The van der Waals surface area contributed by atoms with E-state index in [2.05, 4.69) is 42.9 Å². The molecule has 114 valence electrons. The molecular weight excluding hydrogens is 282 g/mol. The quantitative estimate of drug-likeness (QED) is 0.753. The summed E-state index contributed by atoms with van der Waals surface area (Å²) in [5, 5.41) is 0.405. The van der Waals surface area contributed by atoms with E-state index in [1.54, 1.807) is 0 Å². The molecule has 0 aliphatic carbocycles. The molecule has 2 aromatic rings. The maximum absolute atomic E-state index is 6.04. The molecule has 2 rings (SSSR count). The summed E-state index contributed by atoms with van der Waals surface area (Å²) in [6.07, 6.45) is 0. The van der Waals surface area contributed by atoms with E-state index in [0.29, 0.717) is 16.8 Å². The number of aromatic nitrogens is 2. The van der Waals surface area contributed by atoms with Crippen LogP contribution in [0.4, 0.5) is 5.82 Å². The highest BCUT2D eigenvalue weighted by Crippen LogP contribution is 2.26. The number of nitrogens with two attached hydrogens (primary N) is 1. The number of hydrogen-bond acceptors (Lipinski definition) is 3. The number of rotatable bonds is 1. The van der Waals surface area contributed by atoms with Gasteiger partial charge in [0.25, 0.3) is 0 Å². The molecule has 3 nitrogen and oxygen atoms in total. The van der Waals surface area contributed by atoms with Gasteiger partial charge in [-0.3, -0.25) is 0 Å². The van der Waals surface area contributed by atoms with E-state index in [1.807, 2.05) is 32.9 Å². The molecule has 4 heteroatoms. The molecule has 0 saturated heterocycles. The van der Waals surface area contributed by atoms with Gasteiger partial charge in [0.15, 0.2) is 5.82 Å². The minimum atomic E-state index is 0.128. The van der Waals surface area contributed by atoms with Crippen LogP contribution in [0.1, 0.15) is 45.7 Å². The standard InChI is InChI=1S/C15H18ClN3.C2H6/c1-9-12(16)18-14(19-13(9)17)10-5-7-11(8-6-10)15(2,3)4;1-2/h5-8H,1-4H3,(H2,17,18,19);1-2H3. The number of anilines is 1. The molecule has 0 radical (unpaired) electrons. The summed E-state index contributed by atoms with van der Waals surface area (Å²) >= 11 is 6.04. The predicted octanol–water partition coefficient (Wildman–Crippen LogP) is 5.01. The van der Waals surface area contributed by atoms with E-state index in [9.17, 15) is 0 Å². The van der Waals surface area contributed by atoms with Gasteiger partial charge in [0.1, 0.15) is 11.0 Å². The van der Waals surface area contributed by atoms with Crippen LogP contribution in [0.3, 0.4) is 0 Å². The second kappa shape index (κ2) is 6.90. The Bertz CT molecular complexity index is 575. The average molecular weight is 306 g/mol. The van der Waals surface area contributed by atoms with Crippen LogP contribution in [-0.2, 0) is 5.41 Å². The van der Waals surface area contributed by atoms with Crippen molar-refractivity contribution in [1.82, 2.24) is 9.97 Å². The zero-order chi connectivity index (χ0) is 16.2. The number of hydrogen-bond donors (Lipinski definition) is 1. The molecule has 1 aromatic heterocycles. The molecule has 0 amide bonds. The molecule has 2 N–H and O–H groups in total. The summed E-state index contributed by atoms with van der Waals surface area (Å²) < 4.78 is 0. The maximum atomic E-state index is 6.04. The first kappa shape index (κ1) is 17.4. The van der Waals surface area contributed by atoms with Crippen molar-refractivity contribution < 1.29 is 0 Å². The van der Waals surface area contributed by atoms with E-state index < -0.39 is 0 Å². The van der Waals surface area contributed by atoms with Gasteiger partial charge in [-0.1, -0.05) is 70.5 Å². The first-order chi connectivity index (χ1) is 9.79. The van der Waals surface area contributed by atoms with Crippen LogP contribution in [0.5, 0.6) is 0 Å². The Hall–Kier alpha value is -1.61. The highest BCUT2D eigenvalue weighted by Gasteiger charge is 2.14. The van der Waals surface area contributed by atoms with Gasteiger partial charge in [-0.2, -0.15) is 0 Å². The number of nitrogens with zero attached hydrogens (tertiary/aromatic N) is 2. The monoisotopic (exact) mass is 305 g/mol. The van der Waals surface area contributed by atoms with Crippen LogP contribution in [0.15, 0.2) is 24.3 Å². The fraction of sp³-hybridized carbons (Fsp3) is 0.412. The lowest BCUT2D eigenvalue weighted by atomic mass is 9.87. The van der Waals surface area contributed by atoms with Crippen molar-refractivity contribution in [3.8, 4) is 11.4 Å². The smallest absolute Gasteiger partial charge is 0.163 e. The second-order valence-electron chi connectivity index (χ2n) is 5.68. The largest absolute Gasteiger partial charge is 0.383 e. The Labute approximate surface area is 132 Å². The Morgan fingerprint density at radius 2 is 1.52 bits per heavy atom. The molecule has 0 fully saturated rings. The summed E-state index contributed by atoms with van der Waals surface area (Å²) in [5.41, 5.74) is 8.85. The lowest BCUT2D eigenvalue weighted by Gasteiger charge is -2.19. The van der Waals surface area contributed by atoms with Gasteiger partial charge in [-0.05, 0) is 17.9 Å². The summed E-state index contributed by atoms with van der Waals surface area (Å²) in [7, 11) is 0. The van der Waals surface area contributed by atoms with Crippen LogP contribution in [0.25, 0.3) is 11.4 Å². The van der Waals surface area contributed by atoms with Crippen molar-refractivity contribution in [2.75, 3.05) is 5.73 Å². The van der Waals surface area contributed by atoms with Crippen molar-refractivity contribution in [3.05, 3.63) is 40.5 Å². The van der Waals surface area contributed by atoms with E-state index in [0.717, 1.165) is 11.1 Å². The number of benzene rings is 1. The molecule has 0 aliphatic rings. The highest BCUT2D eigenvalue weighted by atomic mass is 35.5. The third-order valence-corrected chi connectivity index (χ3v) is 3.50. The minimum absolute atomic E-state index is 0.128. The first-order valence-electron chi connectivity index (χ1n) is 7.19. The van der Waals surface area contributed by atoms with Crippen LogP contribution < -0.4 is 5.73 Å². The summed E-state index contributed by atoms with van der Waals surface area (Å²) in [6, 6.07) is 8.17. The number of nitrogen functional groups attached to an aromatic ring is 1. The van der Waals surface area contributed by atoms with Crippen LogP contribution in [-0.4, -0.2) is 9.97 Å². The Kier molecular flexibility index (Phi) is 5.73. The summed E-state index contributed by atoms with van der Waals surface area (Å²) in [5.74, 6) is 0.989. The summed E-state index contributed by atoms with van der Waals surface area (Å²) in [4.78, 5) is 8.55. The predicted molar refractivity (Wildman–Crippen MR) is 91.7 cm³/mol.